The van der Waals surface area contributed by atoms with Crippen LogP contribution in [0.4, 0.5) is 4.39 Å². The van der Waals surface area contributed by atoms with Gasteiger partial charge in [-0.3, -0.25) is 4.39 Å². The predicted molar refractivity (Wildman–Crippen MR) is 69.2 cm³/mol. The van der Waals surface area contributed by atoms with Gasteiger partial charge in [-0.05, 0) is 37.6 Å². The molecular formula is C14H22FNO. The van der Waals surface area contributed by atoms with Crippen LogP contribution >= 0.6 is 0 Å². The molecule has 96 valence electrons. The van der Waals surface area contributed by atoms with E-state index in [1.807, 2.05) is 18.2 Å². The molecule has 1 N–H and O–H groups in total. The molecule has 1 aromatic carbocycles. The Morgan fingerprint density at radius 1 is 1.41 bits per heavy atom. The number of rotatable bonds is 8. The molecule has 0 saturated carbocycles. The largest absolute Gasteiger partial charge is 0.493 e. The Kier molecular flexibility index (Phi) is 6.63. The van der Waals surface area contributed by atoms with Crippen molar-refractivity contribution in [2.24, 2.45) is 0 Å². The van der Waals surface area contributed by atoms with Crippen molar-refractivity contribution in [2.45, 2.75) is 32.7 Å². The summed E-state index contributed by atoms with van der Waals surface area (Å²) in [7, 11) is 0. The first-order valence-electron chi connectivity index (χ1n) is 6.30. The lowest BCUT2D eigenvalue weighted by molar-refractivity contribution is 0.289. The molecule has 0 bridgehead atoms. The standard InChI is InChI=1S/C14H22FNO/c1-3-9-16-12(2)13-6-4-7-14(11-13)17-10-5-8-15/h4,6-7,11-12,16H,3,5,8-10H2,1-2H3. The number of alkyl halides is 1. The zero-order valence-corrected chi connectivity index (χ0v) is 10.7. The summed E-state index contributed by atoms with van der Waals surface area (Å²) in [5.74, 6) is 0.820. The van der Waals surface area contributed by atoms with Crippen LogP contribution < -0.4 is 10.1 Å². The highest BCUT2D eigenvalue weighted by atomic mass is 19.1. The molecule has 0 radical (unpaired) electrons. The Balaban J connectivity index is 2.52. The van der Waals surface area contributed by atoms with Crippen LogP contribution in [-0.4, -0.2) is 19.8 Å². The summed E-state index contributed by atoms with van der Waals surface area (Å²) in [6.07, 6.45) is 1.57. The summed E-state index contributed by atoms with van der Waals surface area (Å²) in [5.41, 5.74) is 1.20. The molecule has 2 nitrogen and oxygen atoms in total. The summed E-state index contributed by atoms with van der Waals surface area (Å²) in [6, 6.07) is 8.30. The molecule has 3 heteroatoms. The molecule has 0 amide bonds. The van der Waals surface area contributed by atoms with Gasteiger partial charge in [0.2, 0.25) is 0 Å². The first-order chi connectivity index (χ1) is 8.27. The third-order valence-corrected chi connectivity index (χ3v) is 2.61. The molecule has 0 aliphatic rings. The van der Waals surface area contributed by atoms with Crippen molar-refractivity contribution in [3.05, 3.63) is 29.8 Å². The number of ether oxygens (including phenoxy) is 1. The Morgan fingerprint density at radius 2 is 2.24 bits per heavy atom. The number of hydrogen-bond donors (Lipinski definition) is 1. The van der Waals surface area contributed by atoms with Crippen molar-refractivity contribution < 1.29 is 9.13 Å². The van der Waals surface area contributed by atoms with Crippen LogP contribution in [0.2, 0.25) is 0 Å². The molecule has 0 aliphatic carbocycles. The van der Waals surface area contributed by atoms with E-state index in [0.29, 0.717) is 19.1 Å². The SMILES string of the molecule is CCCNC(C)c1cccc(OCCCF)c1. The minimum absolute atomic E-state index is 0.319. The van der Waals surface area contributed by atoms with Gasteiger partial charge in [0.25, 0.3) is 0 Å². The monoisotopic (exact) mass is 239 g/mol. The van der Waals surface area contributed by atoms with Crippen LogP contribution in [-0.2, 0) is 0 Å². The fraction of sp³-hybridized carbons (Fsp3) is 0.571. The van der Waals surface area contributed by atoms with E-state index in [-0.39, 0.29) is 6.67 Å². The van der Waals surface area contributed by atoms with Gasteiger partial charge < -0.3 is 10.1 Å². The second kappa shape index (κ2) is 8.07. The van der Waals surface area contributed by atoms with E-state index < -0.39 is 0 Å². The lowest BCUT2D eigenvalue weighted by Gasteiger charge is -2.15. The van der Waals surface area contributed by atoms with Crippen molar-refractivity contribution in [3.8, 4) is 5.75 Å². The molecule has 0 heterocycles. The molecule has 0 aromatic heterocycles. The highest BCUT2D eigenvalue weighted by Gasteiger charge is 2.05. The minimum atomic E-state index is -0.325. The molecule has 0 spiro atoms. The molecule has 1 rings (SSSR count). The van der Waals surface area contributed by atoms with Crippen molar-refractivity contribution in [3.63, 3.8) is 0 Å². The maximum absolute atomic E-state index is 12.0. The van der Waals surface area contributed by atoms with Crippen LogP contribution in [0.15, 0.2) is 24.3 Å². The highest BCUT2D eigenvalue weighted by molar-refractivity contribution is 5.30. The van der Waals surface area contributed by atoms with Gasteiger partial charge in [-0.1, -0.05) is 19.1 Å². The van der Waals surface area contributed by atoms with Crippen LogP contribution in [0.3, 0.4) is 0 Å². The molecule has 1 aromatic rings. The number of halogens is 1. The molecule has 0 fully saturated rings. The first kappa shape index (κ1) is 14.0. The first-order valence-corrected chi connectivity index (χ1v) is 6.30. The van der Waals surface area contributed by atoms with Crippen molar-refractivity contribution in [2.75, 3.05) is 19.8 Å². The summed E-state index contributed by atoms with van der Waals surface area (Å²) in [5, 5.41) is 3.43. The normalized spacial score (nSPS) is 12.4. The summed E-state index contributed by atoms with van der Waals surface area (Å²) >= 11 is 0. The average Bonchev–Trinajstić information content (AvgIpc) is 2.36. The van der Waals surface area contributed by atoms with E-state index in [1.54, 1.807) is 0 Å². The molecule has 1 unspecified atom stereocenters. The fourth-order valence-corrected chi connectivity index (χ4v) is 1.60. The minimum Gasteiger partial charge on any atom is -0.493 e. The number of benzene rings is 1. The smallest absolute Gasteiger partial charge is 0.119 e. The summed E-state index contributed by atoms with van der Waals surface area (Å²) in [6.45, 7) is 5.41. The van der Waals surface area contributed by atoms with Gasteiger partial charge in [0, 0.05) is 12.5 Å². The van der Waals surface area contributed by atoms with E-state index in [4.69, 9.17) is 4.74 Å². The molecular weight excluding hydrogens is 217 g/mol. The lowest BCUT2D eigenvalue weighted by atomic mass is 10.1. The summed E-state index contributed by atoms with van der Waals surface area (Å²) < 4.78 is 17.4. The van der Waals surface area contributed by atoms with Crippen molar-refractivity contribution in [1.29, 1.82) is 0 Å². The Bertz CT molecular complexity index is 317. The summed E-state index contributed by atoms with van der Waals surface area (Å²) in [4.78, 5) is 0. The molecule has 0 aliphatic heterocycles. The van der Waals surface area contributed by atoms with Gasteiger partial charge in [-0.2, -0.15) is 0 Å². The van der Waals surface area contributed by atoms with Gasteiger partial charge in [0.05, 0.1) is 13.3 Å². The van der Waals surface area contributed by atoms with E-state index in [0.717, 1.165) is 18.7 Å². The van der Waals surface area contributed by atoms with E-state index in [1.165, 1.54) is 5.56 Å². The van der Waals surface area contributed by atoms with Gasteiger partial charge in [-0.15, -0.1) is 0 Å². The van der Waals surface area contributed by atoms with Gasteiger partial charge in [0.1, 0.15) is 5.75 Å². The third-order valence-electron chi connectivity index (χ3n) is 2.61. The van der Waals surface area contributed by atoms with Crippen LogP contribution in [0.1, 0.15) is 38.3 Å². The second-order valence-electron chi connectivity index (χ2n) is 4.14. The van der Waals surface area contributed by atoms with Crippen molar-refractivity contribution in [1.82, 2.24) is 5.32 Å². The van der Waals surface area contributed by atoms with E-state index in [2.05, 4.69) is 25.2 Å². The number of hydrogen-bond acceptors (Lipinski definition) is 2. The third kappa shape index (κ3) is 5.18. The maximum Gasteiger partial charge on any atom is 0.119 e. The van der Waals surface area contributed by atoms with E-state index >= 15 is 0 Å². The average molecular weight is 239 g/mol. The predicted octanol–water partition coefficient (Wildman–Crippen LogP) is 3.49. The van der Waals surface area contributed by atoms with Crippen LogP contribution in [0, 0.1) is 0 Å². The zero-order valence-electron chi connectivity index (χ0n) is 10.7. The van der Waals surface area contributed by atoms with Crippen molar-refractivity contribution >= 4 is 0 Å². The highest BCUT2D eigenvalue weighted by Crippen LogP contribution is 2.19. The Labute approximate surface area is 103 Å². The van der Waals surface area contributed by atoms with Crippen LogP contribution in [0.25, 0.3) is 0 Å². The fourth-order valence-electron chi connectivity index (χ4n) is 1.60. The molecule has 0 saturated heterocycles. The Morgan fingerprint density at radius 3 is 2.94 bits per heavy atom. The van der Waals surface area contributed by atoms with Gasteiger partial charge in [0.15, 0.2) is 0 Å². The lowest BCUT2D eigenvalue weighted by Crippen LogP contribution is -2.19. The topological polar surface area (TPSA) is 21.3 Å². The van der Waals surface area contributed by atoms with Gasteiger partial charge in [-0.25, -0.2) is 0 Å². The quantitative estimate of drug-likeness (QED) is 0.701. The molecule has 17 heavy (non-hydrogen) atoms. The maximum atomic E-state index is 12.0. The molecule has 1 atom stereocenters. The second-order valence-corrected chi connectivity index (χ2v) is 4.14. The van der Waals surface area contributed by atoms with E-state index in [9.17, 15) is 4.39 Å². The zero-order chi connectivity index (χ0) is 12.5. The Hall–Kier alpha value is -1.09. The van der Waals surface area contributed by atoms with Gasteiger partial charge >= 0.3 is 0 Å². The number of nitrogens with one attached hydrogen (secondary N) is 1. The van der Waals surface area contributed by atoms with Crippen LogP contribution in [0.5, 0.6) is 5.75 Å².